The summed E-state index contributed by atoms with van der Waals surface area (Å²) in [5.74, 6) is 0. The lowest BCUT2D eigenvalue weighted by atomic mass is 10.1. The van der Waals surface area contributed by atoms with Gasteiger partial charge in [-0.15, -0.1) is 0 Å². The minimum absolute atomic E-state index is 1.02. The topological polar surface area (TPSA) is 17.3 Å². The molecule has 0 N–H and O–H groups in total. The fourth-order valence-corrected chi connectivity index (χ4v) is 1.21. The van der Waals surface area contributed by atoms with E-state index in [2.05, 4.69) is 36.4 Å². The molecule has 2 heterocycles. The van der Waals surface area contributed by atoms with Crippen LogP contribution in [0.3, 0.4) is 0 Å². The van der Waals surface area contributed by atoms with Gasteiger partial charge in [-0.3, -0.25) is 0 Å². The van der Waals surface area contributed by atoms with Crippen LogP contribution in [-0.2, 0) is 0 Å². The second-order valence-electron chi connectivity index (χ2n) is 2.83. The molecule has 3 heteroatoms. The molecule has 11 heavy (non-hydrogen) atoms. The van der Waals surface area contributed by atoms with E-state index >= 15 is 0 Å². The van der Waals surface area contributed by atoms with Crippen molar-refractivity contribution in [3.05, 3.63) is 30.1 Å². The molecule has 0 saturated heterocycles. The molecule has 2 aromatic heterocycles. The molecule has 0 atom stereocenters. The van der Waals surface area contributed by atoms with Gasteiger partial charge in [-0.25, -0.2) is 4.98 Å². The summed E-state index contributed by atoms with van der Waals surface area (Å²) in [7, 11) is 2.06. The van der Waals surface area contributed by atoms with E-state index in [1.54, 1.807) is 0 Å². The molecule has 0 aliphatic rings. The van der Waals surface area contributed by atoms with Crippen molar-refractivity contribution in [1.82, 2.24) is 9.38 Å². The Morgan fingerprint density at radius 2 is 2.27 bits per heavy atom. The van der Waals surface area contributed by atoms with Crippen molar-refractivity contribution < 1.29 is 0 Å². The van der Waals surface area contributed by atoms with Crippen molar-refractivity contribution in [1.29, 1.82) is 0 Å². The zero-order chi connectivity index (χ0) is 7.84. The highest BCUT2D eigenvalue weighted by molar-refractivity contribution is 6.31. The molecule has 0 aromatic carbocycles. The Bertz CT molecular complexity index is 392. The zero-order valence-corrected chi connectivity index (χ0v) is 6.70. The van der Waals surface area contributed by atoms with E-state index in [4.69, 9.17) is 0 Å². The summed E-state index contributed by atoms with van der Waals surface area (Å²) >= 11 is 0. The normalized spacial score (nSPS) is 10.6. The monoisotopic (exact) mass is 144 g/mol. The average molecular weight is 144 g/mol. The van der Waals surface area contributed by atoms with Gasteiger partial charge in [0.1, 0.15) is 5.65 Å². The van der Waals surface area contributed by atoms with Crippen LogP contribution in [-0.4, -0.2) is 17.2 Å². The quantitative estimate of drug-likeness (QED) is 0.472. The van der Waals surface area contributed by atoms with Gasteiger partial charge in [-0.2, -0.15) is 0 Å². The first kappa shape index (κ1) is 6.46. The molecule has 2 nitrogen and oxygen atoms in total. The molecule has 0 saturated carbocycles. The summed E-state index contributed by atoms with van der Waals surface area (Å²) in [6, 6.07) is 4.10. The first-order chi connectivity index (χ1) is 5.27. The fraction of sp³-hybridized carbons (Fsp3) is 0.125. The molecule has 0 fully saturated rings. The zero-order valence-electron chi connectivity index (χ0n) is 6.70. The molecule has 2 aromatic rings. The van der Waals surface area contributed by atoms with Crippen molar-refractivity contribution >= 4 is 19.1 Å². The maximum atomic E-state index is 4.22. The van der Waals surface area contributed by atoms with E-state index in [1.807, 2.05) is 12.3 Å². The first-order valence-electron chi connectivity index (χ1n) is 3.68. The largest absolute Gasteiger partial charge is 0.314 e. The van der Waals surface area contributed by atoms with Gasteiger partial charge in [0.15, 0.2) is 7.85 Å². The van der Waals surface area contributed by atoms with Crippen LogP contribution >= 0.6 is 0 Å². The van der Waals surface area contributed by atoms with Gasteiger partial charge in [0.25, 0.3) is 0 Å². The van der Waals surface area contributed by atoms with Crippen molar-refractivity contribution in [2.75, 3.05) is 0 Å². The third-order valence-electron chi connectivity index (χ3n) is 1.84. The Morgan fingerprint density at radius 3 is 3.09 bits per heavy atom. The predicted molar refractivity (Wildman–Crippen MR) is 48.1 cm³/mol. The lowest BCUT2D eigenvalue weighted by molar-refractivity contribution is 1.18. The minimum Gasteiger partial charge on any atom is -0.314 e. The number of hydrogen-bond acceptors (Lipinski definition) is 1. The van der Waals surface area contributed by atoms with Crippen LogP contribution in [0.15, 0.2) is 24.5 Å². The Hall–Kier alpha value is -1.25. The van der Waals surface area contributed by atoms with Gasteiger partial charge < -0.3 is 4.40 Å². The second kappa shape index (κ2) is 2.12. The Kier molecular flexibility index (Phi) is 1.25. The summed E-state index contributed by atoms with van der Waals surface area (Å²) in [6.45, 7) is 2.08. The van der Waals surface area contributed by atoms with Crippen LogP contribution in [0.1, 0.15) is 5.56 Å². The standard InChI is InChI=1S/C8H9BN2/c1-6-2-3-8-10-4-7(9)11(8)5-6/h2-5H,9H2,1H3. The van der Waals surface area contributed by atoms with Crippen LogP contribution in [0, 0.1) is 6.92 Å². The second-order valence-corrected chi connectivity index (χ2v) is 2.83. The Balaban J connectivity index is 2.87. The summed E-state index contributed by atoms with van der Waals surface area (Å²) in [4.78, 5) is 4.22. The van der Waals surface area contributed by atoms with Gasteiger partial charge in [-0.1, -0.05) is 6.07 Å². The maximum absolute atomic E-state index is 4.22. The third kappa shape index (κ3) is 0.927. The van der Waals surface area contributed by atoms with Gasteiger partial charge in [0, 0.05) is 12.4 Å². The smallest absolute Gasteiger partial charge is 0.163 e. The first-order valence-corrected chi connectivity index (χ1v) is 3.68. The van der Waals surface area contributed by atoms with Gasteiger partial charge in [0.2, 0.25) is 0 Å². The molecular weight excluding hydrogens is 135 g/mol. The van der Waals surface area contributed by atoms with Gasteiger partial charge in [-0.05, 0) is 24.1 Å². The molecule has 54 valence electrons. The Labute approximate surface area is 66.3 Å². The van der Waals surface area contributed by atoms with Crippen LogP contribution in [0.2, 0.25) is 0 Å². The highest BCUT2D eigenvalue weighted by atomic mass is 15.0. The van der Waals surface area contributed by atoms with E-state index < -0.39 is 0 Å². The SMILES string of the molecule is Bc1cnc2ccc(C)cn12. The fourth-order valence-electron chi connectivity index (χ4n) is 1.21. The number of rotatable bonds is 0. The van der Waals surface area contributed by atoms with Crippen LogP contribution in [0.4, 0.5) is 0 Å². The van der Waals surface area contributed by atoms with Gasteiger partial charge in [0.05, 0.1) is 0 Å². The van der Waals surface area contributed by atoms with Crippen molar-refractivity contribution in [3.8, 4) is 0 Å². The molecule has 0 unspecified atom stereocenters. The van der Waals surface area contributed by atoms with Gasteiger partial charge >= 0.3 is 0 Å². The number of fused-ring (bicyclic) bond motifs is 1. The van der Waals surface area contributed by atoms with E-state index in [0.29, 0.717) is 0 Å². The van der Waals surface area contributed by atoms with Crippen molar-refractivity contribution in [3.63, 3.8) is 0 Å². The molecular formula is C8H9BN2. The molecule has 0 aliphatic heterocycles. The summed E-state index contributed by atoms with van der Waals surface area (Å²) in [5.41, 5.74) is 3.47. The van der Waals surface area contributed by atoms with E-state index in [-0.39, 0.29) is 0 Å². The molecule has 0 bridgehead atoms. The average Bonchev–Trinajstić information content (AvgIpc) is 2.33. The predicted octanol–water partition coefficient (Wildman–Crippen LogP) is -0.0989. The summed E-state index contributed by atoms with van der Waals surface area (Å²) in [6.07, 6.45) is 3.98. The third-order valence-corrected chi connectivity index (χ3v) is 1.84. The number of aromatic nitrogens is 2. The van der Waals surface area contributed by atoms with Crippen LogP contribution in [0.25, 0.3) is 5.65 Å². The lowest BCUT2D eigenvalue weighted by Crippen LogP contribution is -2.08. The number of aryl methyl sites for hydroxylation is 1. The molecule has 0 radical (unpaired) electrons. The number of nitrogens with zero attached hydrogens (tertiary/aromatic N) is 2. The minimum atomic E-state index is 1.02. The van der Waals surface area contributed by atoms with Crippen LogP contribution < -0.4 is 5.59 Å². The van der Waals surface area contributed by atoms with E-state index in [1.165, 1.54) is 11.2 Å². The highest BCUT2D eigenvalue weighted by Crippen LogP contribution is 2.00. The van der Waals surface area contributed by atoms with Crippen LogP contribution in [0.5, 0.6) is 0 Å². The maximum Gasteiger partial charge on any atom is 0.163 e. The summed E-state index contributed by atoms with van der Waals surface area (Å²) < 4.78 is 2.09. The number of hydrogen-bond donors (Lipinski definition) is 0. The van der Waals surface area contributed by atoms with E-state index in [9.17, 15) is 0 Å². The molecule has 2 rings (SSSR count). The Morgan fingerprint density at radius 1 is 1.45 bits per heavy atom. The molecule has 0 amide bonds. The summed E-state index contributed by atoms with van der Waals surface area (Å²) in [5, 5.41) is 0. The lowest BCUT2D eigenvalue weighted by Gasteiger charge is -1.96. The van der Waals surface area contributed by atoms with E-state index in [0.717, 1.165) is 5.65 Å². The number of pyridine rings is 1. The van der Waals surface area contributed by atoms with Crippen molar-refractivity contribution in [2.24, 2.45) is 0 Å². The highest BCUT2D eigenvalue weighted by Gasteiger charge is 1.95. The molecule has 0 aliphatic carbocycles. The number of imidazole rings is 1. The molecule has 0 spiro atoms. The van der Waals surface area contributed by atoms with Crippen molar-refractivity contribution in [2.45, 2.75) is 6.92 Å².